The number of nitrogens with zero attached hydrogens (tertiary/aromatic N) is 1. The average molecular weight is 372 g/mol. The van der Waals surface area contributed by atoms with Crippen molar-refractivity contribution in [2.75, 3.05) is 5.32 Å². The van der Waals surface area contributed by atoms with Gasteiger partial charge in [0, 0.05) is 11.3 Å². The van der Waals surface area contributed by atoms with E-state index in [1.807, 2.05) is 0 Å². The maximum Gasteiger partial charge on any atom is 0.269 e. The molecule has 8 heteroatoms. The highest BCUT2D eigenvalue weighted by Crippen LogP contribution is 2.31. The maximum atomic E-state index is 12.6. The zero-order chi connectivity index (χ0) is 19.1. The molecule has 0 bridgehead atoms. The number of hydrogen-bond donors (Lipinski definition) is 1. The van der Waals surface area contributed by atoms with Gasteiger partial charge in [-0.15, -0.1) is 0 Å². The highest BCUT2D eigenvalue weighted by Gasteiger charge is 2.45. The second kappa shape index (κ2) is 6.38. The van der Waals surface area contributed by atoms with Crippen LogP contribution in [-0.4, -0.2) is 36.4 Å². The van der Waals surface area contributed by atoms with Crippen LogP contribution in [0.5, 0.6) is 0 Å². The number of carbonyl (C=O) groups excluding carboxylic acids is 3. The van der Waals surface area contributed by atoms with Gasteiger partial charge in [-0.25, -0.2) is 12.7 Å². The van der Waals surface area contributed by atoms with Crippen molar-refractivity contribution in [3.05, 3.63) is 59.7 Å². The number of amides is 2. The van der Waals surface area contributed by atoms with Crippen LogP contribution >= 0.6 is 0 Å². The molecule has 1 unspecified atom stereocenters. The molecule has 2 aromatic rings. The van der Waals surface area contributed by atoms with Crippen molar-refractivity contribution in [3.8, 4) is 0 Å². The molecule has 1 aliphatic rings. The van der Waals surface area contributed by atoms with E-state index in [-0.39, 0.29) is 16.2 Å². The zero-order valence-corrected chi connectivity index (χ0v) is 14.9. The van der Waals surface area contributed by atoms with Crippen LogP contribution < -0.4 is 5.32 Å². The van der Waals surface area contributed by atoms with Gasteiger partial charge in [-0.05, 0) is 50.2 Å². The molecular weight excluding hydrogens is 356 g/mol. The minimum atomic E-state index is -4.07. The average Bonchev–Trinajstić information content (AvgIpc) is 2.81. The Morgan fingerprint density at radius 2 is 1.65 bits per heavy atom. The predicted molar refractivity (Wildman–Crippen MR) is 94.3 cm³/mol. The quantitative estimate of drug-likeness (QED) is 0.828. The molecule has 2 amide bonds. The molecule has 7 nitrogen and oxygen atoms in total. The summed E-state index contributed by atoms with van der Waals surface area (Å²) >= 11 is 0. The molecule has 1 aliphatic heterocycles. The SMILES string of the molecule is CC(=O)c1ccc(NC(=O)C(C)N2C(=O)c3ccccc3S2(=O)=O)cc1. The molecule has 0 spiro atoms. The number of hydrogen-bond acceptors (Lipinski definition) is 5. The van der Waals surface area contributed by atoms with Gasteiger partial charge in [-0.3, -0.25) is 14.4 Å². The first-order valence-electron chi connectivity index (χ1n) is 7.83. The fourth-order valence-electron chi connectivity index (χ4n) is 2.73. The summed E-state index contributed by atoms with van der Waals surface area (Å²) in [6, 6.07) is 10.8. The summed E-state index contributed by atoms with van der Waals surface area (Å²) in [4.78, 5) is 36.1. The van der Waals surface area contributed by atoms with Crippen molar-refractivity contribution in [3.63, 3.8) is 0 Å². The zero-order valence-electron chi connectivity index (χ0n) is 14.1. The van der Waals surface area contributed by atoms with Crippen LogP contribution in [0.1, 0.15) is 34.6 Å². The number of carbonyl (C=O) groups is 3. The lowest BCUT2D eigenvalue weighted by atomic mass is 10.1. The van der Waals surface area contributed by atoms with Gasteiger partial charge >= 0.3 is 0 Å². The van der Waals surface area contributed by atoms with Crippen LogP contribution in [0, 0.1) is 0 Å². The van der Waals surface area contributed by atoms with Crippen LogP contribution in [0.2, 0.25) is 0 Å². The molecule has 2 aromatic carbocycles. The number of nitrogens with one attached hydrogen (secondary N) is 1. The summed E-state index contributed by atoms with van der Waals surface area (Å²) in [5.74, 6) is -1.48. The number of ketones is 1. The number of anilines is 1. The summed E-state index contributed by atoms with van der Waals surface area (Å²) in [6.45, 7) is 2.78. The van der Waals surface area contributed by atoms with E-state index >= 15 is 0 Å². The smallest absolute Gasteiger partial charge is 0.269 e. The Hall–Kier alpha value is -3.00. The molecule has 0 fully saturated rings. The molecule has 1 N–H and O–H groups in total. The van der Waals surface area contributed by atoms with Gasteiger partial charge in [0.15, 0.2) is 5.78 Å². The molecule has 1 heterocycles. The third kappa shape index (κ3) is 2.88. The Balaban J connectivity index is 1.83. The number of fused-ring (bicyclic) bond motifs is 1. The molecule has 0 saturated heterocycles. The topological polar surface area (TPSA) is 101 Å². The third-order valence-electron chi connectivity index (χ3n) is 4.14. The summed E-state index contributed by atoms with van der Waals surface area (Å²) in [5.41, 5.74) is 0.940. The molecule has 1 atom stereocenters. The van der Waals surface area contributed by atoms with E-state index in [2.05, 4.69) is 5.32 Å². The van der Waals surface area contributed by atoms with E-state index in [4.69, 9.17) is 0 Å². The van der Waals surface area contributed by atoms with E-state index in [1.165, 1.54) is 44.2 Å². The van der Waals surface area contributed by atoms with Gasteiger partial charge < -0.3 is 5.32 Å². The van der Waals surface area contributed by atoms with Crippen molar-refractivity contribution in [2.24, 2.45) is 0 Å². The molecule has 26 heavy (non-hydrogen) atoms. The Kier molecular flexibility index (Phi) is 4.37. The number of Topliss-reactive ketones (excluding diaryl/α,β-unsaturated/α-hetero) is 1. The first-order valence-corrected chi connectivity index (χ1v) is 9.27. The monoisotopic (exact) mass is 372 g/mol. The molecule has 0 aromatic heterocycles. The van der Waals surface area contributed by atoms with Gasteiger partial charge in [0.2, 0.25) is 5.91 Å². The summed E-state index contributed by atoms with van der Waals surface area (Å²) in [7, 11) is -4.07. The first-order chi connectivity index (χ1) is 12.2. The lowest BCUT2D eigenvalue weighted by Crippen LogP contribution is -2.45. The van der Waals surface area contributed by atoms with Crippen molar-refractivity contribution < 1.29 is 22.8 Å². The maximum absolute atomic E-state index is 12.6. The van der Waals surface area contributed by atoms with Crippen molar-refractivity contribution >= 4 is 33.3 Å². The highest BCUT2D eigenvalue weighted by molar-refractivity contribution is 7.90. The third-order valence-corrected chi connectivity index (χ3v) is 6.06. The van der Waals surface area contributed by atoms with Crippen LogP contribution in [0.25, 0.3) is 0 Å². The standard InChI is InChI=1S/C18H16N2O5S/c1-11(17(22)19-14-9-7-13(8-10-14)12(2)21)20-18(23)15-5-3-4-6-16(15)26(20,24)25/h3-11H,1-2H3,(H,19,22). The minimum absolute atomic E-state index is 0.0537. The van der Waals surface area contributed by atoms with Crippen molar-refractivity contribution in [1.29, 1.82) is 0 Å². The van der Waals surface area contributed by atoms with Gasteiger partial charge in [-0.2, -0.15) is 0 Å². The van der Waals surface area contributed by atoms with Crippen LogP contribution in [0.3, 0.4) is 0 Å². The van der Waals surface area contributed by atoms with Crippen molar-refractivity contribution in [1.82, 2.24) is 4.31 Å². The predicted octanol–water partition coefficient (Wildman–Crippen LogP) is 2.06. The Morgan fingerprint density at radius 3 is 2.23 bits per heavy atom. The van der Waals surface area contributed by atoms with Crippen molar-refractivity contribution in [2.45, 2.75) is 24.8 Å². The first kappa shape index (κ1) is 17.8. The van der Waals surface area contributed by atoms with Gasteiger partial charge in [0.05, 0.1) is 5.56 Å². The number of benzene rings is 2. The van der Waals surface area contributed by atoms with Crippen LogP contribution in [0.15, 0.2) is 53.4 Å². The summed E-state index contributed by atoms with van der Waals surface area (Å²) < 4.78 is 25.8. The Bertz CT molecular complexity index is 1010. The number of rotatable bonds is 4. The largest absolute Gasteiger partial charge is 0.324 e. The van der Waals surface area contributed by atoms with E-state index < -0.39 is 27.9 Å². The van der Waals surface area contributed by atoms with Crippen LogP contribution in [0.4, 0.5) is 5.69 Å². The summed E-state index contributed by atoms with van der Waals surface area (Å²) in [5, 5.41) is 2.56. The minimum Gasteiger partial charge on any atom is -0.324 e. The van der Waals surface area contributed by atoms with E-state index in [0.717, 1.165) is 0 Å². The highest BCUT2D eigenvalue weighted by atomic mass is 32.2. The van der Waals surface area contributed by atoms with Gasteiger partial charge in [0.1, 0.15) is 10.9 Å². The second-order valence-electron chi connectivity index (χ2n) is 5.90. The molecule has 0 radical (unpaired) electrons. The number of sulfonamides is 1. The second-order valence-corrected chi connectivity index (χ2v) is 7.68. The Morgan fingerprint density at radius 1 is 1.04 bits per heavy atom. The fourth-order valence-corrected chi connectivity index (χ4v) is 4.45. The lowest BCUT2D eigenvalue weighted by Gasteiger charge is -2.22. The molecular formula is C18H16N2O5S. The molecule has 134 valence electrons. The van der Waals surface area contributed by atoms with E-state index in [0.29, 0.717) is 15.6 Å². The van der Waals surface area contributed by atoms with Gasteiger partial charge in [0.25, 0.3) is 15.9 Å². The normalized spacial score (nSPS) is 16.1. The van der Waals surface area contributed by atoms with E-state index in [9.17, 15) is 22.8 Å². The van der Waals surface area contributed by atoms with E-state index in [1.54, 1.807) is 18.2 Å². The molecule has 0 aliphatic carbocycles. The van der Waals surface area contributed by atoms with Gasteiger partial charge in [-0.1, -0.05) is 12.1 Å². The Labute approximate surface area is 150 Å². The van der Waals surface area contributed by atoms with Crippen LogP contribution in [-0.2, 0) is 14.8 Å². The lowest BCUT2D eigenvalue weighted by molar-refractivity contribution is -0.118. The summed E-state index contributed by atoms with van der Waals surface area (Å²) in [6.07, 6.45) is 0. The fraction of sp³-hybridized carbons (Fsp3) is 0.167. The molecule has 0 saturated carbocycles. The molecule has 3 rings (SSSR count).